The van der Waals surface area contributed by atoms with E-state index in [-0.39, 0.29) is 18.1 Å². The van der Waals surface area contributed by atoms with Gasteiger partial charge in [0.05, 0.1) is 30.5 Å². The number of carbonyl (C=O) groups is 1. The molecule has 0 N–H and O–H groups in total. The van der Waals surface area contributed by atoms with Crippen LogP contribution in [0.3, 0.4) is 0 Å². The van der Waals surface area contributed by atoms with Crippen molar-refractivity contribution < 1.29 is 9.53 Å². The van der Waals surface area contributed by atoms with Gasteiger partial charge < -0.3 is 14.5 Å². The van der Waals surface area contributed by atoms with E-state index in [0.29, 0.717) is 24.4 Å². The molecule has 0 saturated carbocycles. The highest BCUT2D eigenvalue weighted by Gasteiger charge is 2.38. The van der Waals surface area contributed by atoms with Crippen LogP contribution in [0.4, 0.5) is 0 Å². The Hall–Kier alpha value is -2.76. The first kappa shape index (κ1) is 19.6. The third kappa shape index (κ3) is 4.31. The number of rotatable bonds is 4. The van der Waals surface area contributed by atoms with Gasteiger partial charge in [0.1, 0.15) is 11.8 Å². The second-order valence-electron chi connectivity index (χ2n) is 7.71. The zero-order valence-corrected chi connectivity index (χ0v) is 16.7. The maximum atomic E-state index is 13.3. The molecule has 2 fully saturated rings. The molecule has 8 nitrogen and oxygen atoms in total. The summed E-state index contributed by atoms with van der Waals surface area (Å²) in [5.74, 6) is -0.0946. The van der Waals surface area contributed by atoms with Crippen molar-refractivity contribution in [1.82, 2.24) is 24.6 Å². The number of piperidine rings is 1. The monoisotopic (exact) mass is 394 g/mol. The van der Waals surface area contributed by atoms with Crippen LogP contribution in [-0.4, -0.2) is 69.4 Å². The lowest BCUT2D eigenvalue weighted by Crippen LogP contribution is -2.52. The Kier molecular flexibility index (Phi) is 5.88. The molecule has 0 spiro atoms. The van der Waals surface area contributed by atoms with Crippen LogP contribution in [0.1, 0.15) is 46.9 Å². The van der Waals surface area contributed by atoms with E-state index in [1.165, 1.54) is 25.5 Å². The van der Waals surface area contributed by atoms with Crippen molar-refractivity contribution in [2.75, 3.05) is 32.8 Å². The van der Waals surface area contributed by atoms with Gasteiger partial charge in [-0.2, -0.15) is 10.4 Å². The fourth-order valence-corrected chi connectivity index (χ4v) is 4.25. The van der Waals surface area contributed by atoms with Gasteiger partial charge in [0.2, 0.25) is 0 Å². The minimum atomic E-state index is -0.206. The number of pyridine rings is 1. The number of hydrogen-bond acceptors (Lipinski definition) is 6. The summed E-state index contributed by atoms with van der Waals surface area (Å²) in [4.78, 5) is 21.7. The molecule has 29 heavy (non-hydrogen) atoms. The van der Waals surface area contributed by atoms with Crippen LogP contribution in [-0.2, 0) is 11.8 Å². The maximum absolute atomic E-state index is 13.3. The highest BCUT2D eigenvalue weighted by atomic mass is 16.5. The Labute approximate surface area is 170 Å². The zero-order valence-electron chi connectivity index (χ0n) is 16.7. The Balaban J connectivity index is 1.61. The number of nitrogens with zero attached hydrogens (tertiary/aromatic N) is 6. The molecule has 2 aromatic heterocycles. The number of carbonyl (C=O) groups excluding carboxylic acids is 1. The van der Waals surface area contributed by atoms with Crippen LogP contribution in [0, 0.1) is 11.3 Å². The van der Waals surface area contributed by atoms with E-state index in [1.54, 1.807) is 16.8 Å². The summed E-state index contributed by atoms with van der Waals surface area (Å²) in [7, 11) is 1.88. The van der Waals surface area contributed by atoms with Gasteiger partial charge >= 0.3 is 0 Å². The maximum Gasteiger partial charge on any atom is 0.256 e. The molecule has 2 saturated heterocycles. The lowest BCUT2D eigenvalue weighted by atomic mass is 9.98. The molecule has 0 aromatic carbocycles. The predicted octanol–water partition coefficient (Wildman–Crippen LogP) is 1.75. The van der Waals surface area contributed by atoms with Gasteiger partial charge in [0.15, 0.2) is 0 Å². The molecule has 4 rings (SSSR count). The van der Waals surface area contributed by atoms with Crippen molar-refractivity contribution >= 4 is 5.91 Å². The van der Waals surface area contributed by atoms with Crippen molar-refractivity contribution in [2.24, 2.45) is 7.05 Å². The third-order valence-electron chi connectivity index (χ3n) is 5.69. The van der Waals surface area contributed by atoms with Crippen LogP contribution in [0.5, 0.6) is 0 Å². The second kappa shape index (κ2) is 8.72. The number of aryl methyl sites for hydroxylation is 1. The van der Waals surface area contributed by atoms with Gasteiger partial charge in [-0.25, -0.2) is 4.98 Å². The number of hydrogen-bond donors (Lipinski definition) is 0. The number of aromatic nitrogens is 3. The summed E-state index contributed by atoms with van der Waals surface area (Å²) in [5, 5.41) is 13.3. The van der Waals surface area contributed by atoms with Gasteiger partial charge in [-0.3, -0.25) is 9.48 Å². The zero-order chi connectivity index (χ0) is 20.2. The Morgan fingerprint density at radius 1 is 1.24 bits per heavy atom. The largest absolute Gasteiger partial charge is 0.373 e. The van der Waals surface area contributed by atoms with Crippen LogP contribution in [0.15, 0.2) is 30.7 Å². The lowest BCUT2D eigenvalue weighted by molar-refractivity contribution is -0.0741. The third-order valence-corrected chi connectivity index (χ3v) is 5.69. The van der Waals surface area contributed by atoms with E-state index in [4.69, 9.17) is 10.00 Å². The van der Waals surface area contributed by atoms with Crippen molar-refractivity contribution in [3.63, 3.8) is 0 Å². The molecular formula is C21H26N6O2. The van der Waals surface area contributed by atoms with E-state index in [1.807, 2.05) is 30.4 Å². The Morgan fingerprint density at radius 3 is 2.72 bits per heavy atom. The molecule has 0 unspecified atom stereocenters. The highest BCUT2D eigenvalue weighted by molar-refractivity contribution is 5.94. The molecular weight excluding hydrogens is 368 g/mol. The number of ether oxygens (including phenoxy) is 1. The first-order valence-electron chi connectivity index (χ1n) is 10.2. The highest BCUT2D eigenvalue weighted by Crippen LogP contribution is 2.32. The lowest BCUT2D eigenvalue weighted by Gasteiger charge is -2.43. The smallest absolute Gasteiger partial charge is 0.256 e. The Morgan fingerprint density at radius 2 is 2.07 bits per heavy atom. The van der Waals surface area contributed by atoms with E-state index in [2.05, 4.69) is 15.0 Å². The summed E-state index contributed by atoms with van der Waals surface area (Å²) in [6.45, 7) is 3.97. The molecule has 0 aliphatic carbocycles. The summed E-state index contributed by atoms with van der Waals surface area (Å²) in [5.41, 5.74) is 1.76. The molecule has 2 aromatic rings. The van der Waals surface area contributed by atoms with Gasteiger partial charge in [-0.05, 0) is 38.1 Å². The van der Waals surface area contributed by atoms with E-state index < -0.39 is 0 Å². The van der Waals surface area contributed by atoms with E-state index >= 15 is 0 Å². The molecule has 0 bridgehead atoms. The molecule has 0 radical (unpaired) electrons. The van der Waals surface area contributed by atoms with Crippen molar-refractivity contribution in [2.45, 2.75) is 31.4 Å². The van der Waals surface area contributed by atoms with Crippen molar-refractivity contribution in [3.05, 3.63) is 47.5 Å². The molecule has 2 aliphatic heterocycles. The predicted molar refractivity (Wildman–Crippen MR) is 106 cm³/mol. The van der Waals surface area contributed by atoms with Crippen LogP contribution < -0.4 is 0 Å². The fourth-order valence-electron chi connectivity index (χ4n) is 4.25. The number of likely N-dealkylation sites (tertiary alicyclic amines) is 1. The quantitative estimate of drug-likeness (QED) is 0.785. The molecule has 1 amide bonds. The minimum Gasteiger partial charge on any atom is -0.373 e. The SMILES string of the molecule is Cn1cc([C@H]2[C@H](CN3CCCCC3)OCCN2C(=O)c2ccc(C#N)nc2)cn1. The van der Waals surface area contributed by atoms with Crippen molar-refractivity contribution in [1.29, 1.82) is 5.26 Å². The molecule has 8 heteroatoms. The number of morpholine rings is 1. The molecule has 4 heterocycles. The average Bonchev–Trinajstić information content (AvgIpc) is 3.19. The summed E-state index contributed by atoms with van der Waals surface area (Å²) < 4.78 is 7.94. The fraction of sp³-hybridized carbons (Fsp3) is 0.524. The summed E-state index contributed by atoms with van der Waals surface area (Å²) in [6, 6.07) is 5.04. The Bertz CT molecular complexity index is 881. The summed E-state index contributed by atoms with van der Waals surface area (Å²) >= 11 is 0. The van der Waals surface area contributed by atoms with Gasteiger partial charge in [0, 0.05) is 38.1 Å². The molecule has 2 atom stereocenters. The standard InChI is InChI=1S/C21H26N6O2/c1-25-14-17(13-24-25)20-19(15-26-7-3-2-4-8-26)29-10-9-27(20)21(28)16-5-6-18(11-22)23-12-16/h5-6,12-14,19-20H,2-4,7-10,15H2,1H3/t19-,20-/m0/s1. The molecule has 152 valence electrons. The first-order valence-corrected chi connectivity index (χ1v) is 10.2. The van der Waals surface area contributed by atoms with Gasteiger partial charge in [0.25, 0.3) is 5.91 Å². The van der Waals surface area contributed by atoms with E-state index in [9.17, 15) is 4.79 Å². The summed E-state index contributed by atoms with van der Waals surface area (Å²) in [6.07, 6.45) is 8.86. The first-order chi connectivity index (χ1) is 14.2. The minimum absolute atomic E-state index is 0.0946. The number of nitriles is 1. The van der Waals surface area contributed by atoms with Crippen LogP contribution >= 0.6 is 0 Å². The van der Waals surface area contributed by atoms with Crippen molar-refractivity contribution in [3.8, 4) is 6.07 Å². The average molecular weight is 394 g/mol. The van der Waals surface area contributed by atoms with E-state index in [0.717, 1.165) is 25.2 Å². The van der Waals surface area contributed by atoms with Crippen LogP contribution in [0.25, 0.3) is 0 Å². The second-order valence-corrected chi connectivity index (χ2v) is 7.71. The normalized spacial score (nSPS) is 23.0. The van der Waals surface area contributed by atoms with Gasteiger partial charge in [-0.1, -0.05) is 6.42 Å². The topological polar surface area (TPSA) is 87.3 Å². The van der Waals surface area contributed by atoms with Crippen LogP contribution in [0.2, 0.25) is 0 Å². The van der Waals surface area contributed by atoms with Gasteiger partial charge in [-0.15, -0.1) is 0 Å². The number of amides is 1. The molecule has 2 aliphatic rings.